The molecule has 1 aromatic carbocycles. The number of hydrogen-bond donors (Lipinski definition) is 2. The number of rotatable bonds is 4. The number of amides is 1. The van der Waals surface area contributed by atoms with Gasteiger partial charge in [0.05, 0.1) is 0 Å². The average Bonchev–Trinajstić information content (AvgIpc) is 2.67. The second-order valence-corrected chi connectivity index (χ2v) is 6.43. The van der Waals surface area contributed by atoms with E-state index >= 15 is 0 Å². The van der Waals surface area contributed by atoms with Gasteiger partial charge in [-0.15, -0.1) is 0 Å². The quantitative estimate of drug-likeness (QED) is 0.655. The lowest BCUT2D eigenvalue weighted by Gasteiger charge is -2.31. The van der Waals surface area contributed by atoms with E-state index in [2.05, 4.69) is 49.8 Å². The van der Waals surface area contributed by atoms with Crippen LogP contribution in [0.5, 0.6) is 0 Å². The van der Waals surface area contributed by atoms with Crippen molar-refractivity contribution in [3.63, 3.8) is 0 Å². The van der Waals surface area contributed by atoms with Crippen molar-refractivity contribution in [2.75, 3.05) is 25.5 Å². The summed E-state index contributed by atoms with van der Waals surface area (Å²) in [7, 11) is 1.78. The third-order valence-electron chi connectivity index (χ3n) is 4.46. The number of hydrogen-bond acceptors (Lipinski definition) is 3. The molecule has 6 heteroatoms. The van der Waals surface area contributed by atoms with Crippen molar-refractivity contribution >= 4 is 17.7 Å². The van der Waals surface area contributed by atoms with Crippen LogP contribution in [0.25, 0.3) is 0 Å². The molecular formula is C20H25N5O. The van der Waals surface area contributed by atoms with Crippen LogP contribution in [0.4, 0.5) is 5.82 Å². The first-order chi connectivity index (χ1) is 12.7. The molecule has 0 aliphatic carbocycles. The van der Waals surface area contributed by atoms with Gasteiger partial charge < -0.3 is 15.5 Å². The van der Waals surface area contributed by atoms with E-state index in [1.165, 1.54) is 11.1 Å². The molecule has 1 aliphatic rings. The van der Waals surface area contributed by atoms with Crippen molar-refractivity contribution in [3.05, 3.63) is 59.3 Å². The third kappa shape index (κ3) is 4.59. The first-order valence-corrected chi connectivity index (χ1v) is 8.90. The minimum Gasteiger partial charge on any atom is -0.356 e. The summed E-state index contributed by atoms with van der Waals surface area (Å²) >= 11 is 0. The zero-order valence-corrected chi connectivity index (χ0v) is 15.3. The average molecular weight is 351 g/mol. The van der Waals surface area contributed by atoms with E-state index in [1.54, 1.807) is 13.2 Å². The molecule has 6 nitrogen and oxygen atoms in total. The number of carbonyl (C=O) groups is 1. The van der Waals surface area contributed by atoms with Crippen molar-refractivity contribution in [1.29, 1.82) is 0 Å². The topological polar surface area (TPSA) is 69.6 Å². The molecule has 26 heavy (non-hydrogen) atoms. The fourth-order valence-corrected chi connectivity index (χ4v) is 3.04. The maximum Gasteiger partial charge on any atom is 0.227 e. The van der Waals surface area contributed by atoms with E-state index in [0.29, 0.717) is 18.8 Å². The van der Waals surface area contributed by atoms with Crippen LogP contribution in [-0.4, -0.2) is 41.9 Å². The molecule has 0 radical (unpaired) electrons. The first kappa shape index (κ1) is 17.9. The molecule has 0 atom stereocenters. The maximum atomic E-state index is 12.1. The van der Waals surface area contributed by atoms with Crippen molar-refractivity contribution in [1.82, 2.24) is 15.2 Å². The Bertz CT molecular complexity index is 785. The van der Waals surface area contributed by atoms with Crippen LogP contribution >= 0.6 is 0 Å². The number of aromatic nitrogens is 1. The number of carbonyl (C=O) groups excluding carboxylic acids is 1. The minimum absolute atomic E-state index is 0.0618. The van der Waals surface area contributed by atoms with Crippen LogP contribution in [0.15, 0.2) is 47.6 Å². The van der Waals surface area contributed by atoms with Gasteiger partial charge in [-0.3, -0.25) is 9.79 Å². The summed E-state index contributed by atoms with van der Waals surface area (Å²) in [6, 6.07) is 12.2. The van der Waals surface area contributed by atoms with Gasteiger partial charge in [-0.05, 0) is 36.1 Å². The lowest BCUT2D eigenvalue weighted by atomic mass is 10.0. The van der Waals surface area contributed by atoms with E-state index in [-0.39, 0.29) is 5.91 Å². The van der Waals surface area contributed by atoms with Gasteiger partial charge in [0.2, 0.25) is 5.91 Å². The fourth-order valence-electron chi connectivity index (χ4n) is 3.04. The van der Waals surface area contributed by atoms with Gasteiger partial charge in [-0.25, -0.2) is 4.98 Å². The van der Waals surface area contributed by atoms with Gasteiger partial charge in [-0.2, -0.15) is 0 Å². The van der Waals surface area contributed by atoms with Crippen LogP contribution in [0.1, 0.15) is 23.1 Å². The molecule has 1 amide bonds. The molecule has 2 heterocycles. The predicted molar refractivity (Wildman–Crippen MR) is 104 cm³/mol. The Morgan fingerprint density at radius 3 is 2.77 bits per heavy atom. The number of nitrogens with zero attached hydrogens (tertiary/aromatic N) is 3. The molecule has 0 unspecified atom stereocenters. The molecule has 2 aromatic rings. The van der Waals surface area contributed by atoms with Crippen LogP contribution in [0.2, 0.25) is 0 Å². The zero-order chi connectivity index (χ0) is 18.4. The molecule has 0 saturated carbocycles. The van der Waals surface area contributed by atoms with E-state index in [0.717, 1.165) is 31.0 Å². The second-order valence-electron chi connectivity index (χ2n) is 6.43. The van der Waals surface area contributed by atoms with E-state index < -0.39 is 0 Å². The molecule has 0 fully saturated rings. The Morgan fingerprint density at radius 1 is 1.23 bits per heavy atom. The minimum atomic E-state index is -0.0618. The summed E-state index contributed by atoms with van der Waals surface area (Å²) in [5.41, 5.74) is 3.81. The van der Waals surface area contributed by atoms with Crippen LogP contribution < -0.4 is 10.6 Å². The molecular weight excluding hydrogens is 326 g/mol. The van der Waals surface area contributed by atoms with Crippen molar-refractivity contribution < 1.29 is 4.79 Å². The van der Waals surface area contributed by atoms with E-state index in [1.807, 2.05) is 19.1 Å². The fraction of sp³-hybridized carbons (Fsp3) is 0.350. The van der Waals surface area contributed by atoms with Gasteiger partial charge in [0.25, 0.3) is 0 Å². The summed E-state index contributed by atoms with van der Waals surface area (Å²) < 4.78 is 0. The van der Waals surface area contributed by atoms with Crippen molar-refractivity contribution in [2.24, 2.45) is 4.99 Å². The Morgan fingerprint density at radius 2 is 2.04 bits per heavy atom. The third-order valence-corrected chi connectivity index (χ3v) is 4.46. The molecule has 1 aromatic heterocycles. The molecule has 0 spiro atoms. The highest BCUT2D eigenvalue weighted by Crippen LogP contribution is 2.18. The maximum absolute atomic E-state index is 12.1. The van der Waals surface area contributed by atoms with Crippen LogP contribution in [0.3, 0.4) is 0 Å². The summed E-state index contributed by atoms with van der Waals surface area (Å²) in [6.07, 6.45) is 3.11. The Hall–Kier alpha value is -2.89. The summed E-state index contributed by atoms with van der Waals surface area (Å²) in [4.78, 5) is 22.8. The number of guanidine groups is 1. The SMILES string of the molecule is CN=C(NCCC(=O)Nc1ccc(C)cn1)N1CCc2ccccc2C1. The van der Waals surface area contributed by atoms with Crippen LogP contribution in [0, 0.1) is 6.92 Å². The van der Waals surface area contributed by atoms with Gasteiger partial charge >= 0.3 is 0 Å². The lowest BCUT2D eigenvalue weighted by molar-refractivity contribution is -0.116. The summed E-state index contributed by atoms with van der Waals surface area (Å²) in [6.45, 7) is 4.27. The monoisotopic (exact) mass is 351 g/mol. The molecule has 1 aliphatic heterocycles. The Balaban J connectivity index is 1.47. The second kappa shape index (κ2) is 8.47. The lowest BCUT2D eigenvalue weighted by Crippen LogP contribution is -2.44. The van der Waals surface area contributed by atoms with E-state index in [4.69, 9.17) is 0 Å². The highest BCUT2D eigenvalue weighted by molar-refractivity contribution is 5.90. The molecule has 3 rings (SSSR count). The largest absolute Gasteiger partial charge is 0.356 e. The molecule has 0 bridgehead atoms. The van der Waals surface area contributed by atoms with E-state index in [9.17, 15) is 4.79 Å². The predicted octanol–water partition coefficient (Wildman–Crippen LogP) is 2.35. The smallest absolute Gasteiger partial charge is 0.227 e. The first-order valence-electron chi connectivity index (χ1n) is 8.90. The highest BCUT2D eigenvalue weighted by atomic mass is 16.1. The van der Waals surface area contributed by atoms with Gasteiger partial charge in [0.1, 0.15) is 5.82 Å². The van der Waals surface area contributed by atoms with Crippen molar-refractivity contribution in [3.8, 4) is 0 Å². The highest BCUT2D eigenvalue weighted by Gasteiger charge is 2.18. The number of nitrogens with one attached hydrogen (secondary N) is 2. The van der Waals surface area contributed by atoms with Gasteiger partial charge in [0.15, 0.2) is 5.96 Å². The number of benzene rings is 1. The summed E-state index contributed by atoms with van der Waals surface area (Å²) in [5, 5.41) is 6.10. The number of pyridine rings is 1. The Labute approximate surface area is 154 Å². The summed E-state index contributed by atoms with van der Waals surface area (Å²) in [5.74, 6) is 1.35. The Kier molecular flexibility index (Phi) is 5.84. The van der Waals surface area contributed by atoms with Gasteiger partial charge in [-0.1, -0.05) is 30.3 Å². The standard InChI is InChI=1S/C20H25N5O/c1-15-7-8-18(23-13-15)24-19(26)9-11-22-20(21-2)25-12-10-16-5-3-4-6-17(16)14-25/h3-8,13H,9-12,14H2,1-2H3,(H,21,22)(H,23,24,26). The van der Waals surface area contributed by atoms with Crippen molar-refractivity contribution in [2.45, 2.75) is 26.3 Å². The number of aliphatic imine (C=N–C) groups is 1. The number of fused-ring (bicyclic) bond motifs is 1. The normalized spacial score (nSPS) is 13.9. The zero-order valence-electron chi connectivity index (χ0n) is 15.3. The number of aryl methyl sites for hydroxylation is 1. The molecule has 0 saturated heterocycles. The van der Waals surface area contributed by atoms with Crippen LogP contribution in [-0.2, 0) is 17.8 Å². The molecule has 136 valence electrons. The van der Waals surface area contributed by atoms with Gasteiger partial charge in [0, 0.05) is 39.3 Å². The number of anilines is 1. The molecule has 2 N–H and O–H groups in total.